The number of aliphatic imine (C=N–C) groups is 1. The SMILES string of the molecule is C#CCn1ccc2ccccc21.C/C=C1/SC(=Nc2ccccc2)N(CCOC)C1=O. The quantitative estimate of drug-likeness (QED) is 0.418. The van der Waals surface area contributed by atoms with Crippen molar-refractivity contribution >= 4 is 39.4 Å². The number of carbonyl (C=O) groups is 1. The van der Waals surface area contributed by atoms with E-state index in [4.69, 9.17) is 11.2 Å². The first kappa shape index (κ1) is 22.4. The molecule has 31 heavy (non-hydrogen) atoms. The number of benzene rings is 2. The van der Waals surface area contributed by atoms with Crippen LogP contribution >= 0.6 is 11.8 Å². The van der Waals surface area contributed by atoms with Gasteiger partial charge in [-0.1, -0.05) is 48.4 Å². The summed E-state index contributed by atoms with van der Waals surface area (Å²) in [6.07, 6.45) is 9.08. The number of aromatic nitrogens is 1. The molecule has 1 amide bonds. The van der Waals surface area contributed by atoms with E-state index in [1.807, 2.05) is 61.7 Å². The second-order valence-electron chi connectivity index (χ2n) is 6.64. The molecular formula is C25H25N3O2S. The Bertz CT molecular complexity index is 1130. The standard InChI is InChI=1S/C14H16N2O2S.C11H9N/c1-3-12-13(17)16(9-10-18-2)14(19-12)15-11-7-5-4-6-8-11;1-2-8-12-9-7-10-5-3-4-6-11(10)12/h3-8H,9-10H2,1-2H3;1,3-7,9H,8H2/b12-3+,15-14?;. The van der Waals surface area contributed by atoms with Gasteiger partial charge in [-0.3, -0.25) is 9.69 Å². The fourth-order valence-corrected chi connectivity index (χ4v) is 4.00. The van der Waals surface area contributed by atoms with Gasteiger partial charge in [-0.15, -0.1) is 6.42 Å². The van der Waals surface area contributed by atoms with Gasteiger partial charge in [0.15, 0.2) is 5.17 Å². The number of hydrogen-bond acceptors (Lipinski definition) is 4. The van der Waals surface area contributed by atoms with Crippen molar-refractivity contribution in [1.29, 1.82) is 0 Å². The Labute approximate surface area is 187 Å². The Balaban J connectivity index is 0.000000194. The summed E-state index contributed by atoms with van der Waals surface area (Å²) in [5.74, 6) is 2.62. The van der Waals surface area contributed by atoms with Crippen molar-refractivity contribution < 1.29 is 9.53 Å². The number of amides is 1. The summed E-state index contributed by atoms with van der Waals surface area (Å²) in [5.41, 5.74) is 2.05. The molecule has 1 aliphatic rings. The first-order valence-corrected chi connectivity index (χ1v) is 10.8. The molecule has 2 aromatic carbocycles. The first-order chi connectivity index (χ1) is 15.2. The number of amidine groups is 1. The van der Waals surface area contributed by atoms with Crippen LogP contribution in [0, 0.1) is 12.3 Å². The molecule has 5 nitrogen and oxygen atoms in total. The Kier molecular flexibility index (Phi) is 8.11. The topological polar surface area (TPSA) is 46.8 Å². The number of rotatable bonds is 5. The predicted molar refractivity (Wildman–Crippen MR) is 129 cm³/mol. The number of thioether (sulfide) groups is 1. The summed E-state index contributed by atoms with van der Waals surface area (Å²) < 4.78 is 7.11. The molecule has 158 valence electrons. The third-order valence-electron chi connectivity index (χ3n) is 4.59. The van der Waals surface area contributed by atoms with Gasteiger partial charge in [0.1, 0.15) is 0 Å². The largest absolute Gasteiger partial charge is 0.383 e. The fraction of sp³-hybridized carbons (Fsp3) is 0.200. The highest BCUT2D eigenvalue weighted by molar-refractivity contribution is 8.18. The number of allylic oxidation sites excluding steroid dienone is 1. The molecule has 6 heteroatoms. The van der Waals surface area contributed by atoms with Crippen LogP contribution in [0.25, 0.3) is 10.9 Å². The summed E-state index contributed by atoms with van der Waals surface area (Å²) in [7, 11) is 1.62. The molecule has 1 aliphatic heterocycles. The van der Waals surface area contributed by atoms with Gasteiger partial charge in [0, 0.05) is 18.8 Å². The highest BCUT2D eigenvalue weighted by atomic mass is 32.2. The minimum atomic E-state index is -0.000712. The van der Waals surface area contributed by atoms with E-state index in [-0.39, 0.29) is 5.91 Å². The average Bonchev–Trinajstić information content (AvgIpc) is 3.34. The lowest BCUT2D eigenvalue weighted by molar-refractivity contribution is -0.122. The zero-order chi connectivity index (χ0) is 22.1. The van der Waals surface area contributed by atoms with E-state index in [1.54, 1.807) is 12.0 Å². The maximum Gasteiger partial charge on any atom is 0.266 e. The molecule has 0 spiro atoms. The Morgan fingerprint density at radius 2 is 1.87 bits per heavy atom. The number of ether oxygens (including phenoxy) is 1. The lowest BCUT2D eigenvalue weighted by atomic mass is 10.2. The molecule has 0 unspecified atom stereocenters. The molecule has 0 aliphatic carbocycles. The van der Waals surface area contributed by atoms with Crippen LogP contribution in [0.1, 0.15) is 6.92 Å². The van der Waals surface area contributed by atoms with E-state index in [2.05, 4.69) is 33.7 Å². The molecule has 1 saturated heterocycles. The van der Waals surface area contributed by atoms with Gasteiger partial charge in [0.2, 0.25) is 0 Å². The second kappa shape index (κ2) is 11.2. The van der Waals surface area contributed by atoms with Gasteiger partial charge in [-0.25, -0.2) is 4.99 Å². The summed E-state index contributed by atoms with van der Waals surface area (Å²) in [6, 6.07) is 19.9. The van der Waals surface area contributed by atoms with Gasteiger partial charge >= 0.3 is 0 Å². The summed E-state index contributed by atoms with van der Waals surface area (Å²) in [4.78, 5) is 19.0. The van der Waals surface area contributed by atoms with Crippen LogP contribution in [-0.2, 0) is 16.1 Å². The van der Waals surface area contributed by atoms with Crippen molar-refractivity contribution in [3.63, 3.8) is 0 Å². The molecule has 1 aromatic heterocycles. The number of methoxy groups -OCH3 is 1. The lowest BCUT2D eigenvalue weighted by Crippen LogP contribution is -2.32. The minimum absolute atomic E-state index is 0.000712. The maximum absolute atomic E-state index is 12.1. The molecule has 0 N–H and O–H groups in total. The predicted octanol–water partition coefficient (Wildman–Crippen LogP) is 5.07. The van der Waals surface area contributed by atoms with Crippen molar-refractivity contribution in [2.75, 3.05) is 20.3 Å². The third kappa shape index (κ3) is 5.66. The lowest BCUT2D eigenvalue weighted by Gasteiger charge is -2.14. The molecule has 0 saturated carbocycles. The van der Waals surface area contributed by atoms with Crippen LogP contribution in [0.4, 0.5) is 5.69 Å². The monoisotopic (exact) mass is 431 g/mol. The minimum Gasteiger partial charge on any atom is -0.383 e. The highest BCUT2D eigenvalue weighted by Crippen LogP contribution is 2.32. The zero-order valence-electron chi connectivity index (χ0n) is 17.7. The molecule has 0 atom stereocenters. The highest BCUT2D eigenvalue weighted by Gasteiger charge is 2.32. The van der Waals surface area contributed by atoms with Gasteiger partial charge in [-0.2, -0.15) is 0 Å². The van der Waals surface area contributed by atoms with E-state index >= 15 is 0 Å². The molecule has 1 fully saturated rings. The van der Waals surface area contributed by atoms with Gasteiger partial charge in [-0.05, 0) is 48.3 Å². The van der Waals surface area contributed by atoms with E-state index in [0.717, 1.165) is 5.69 Å². The van der Waals surface area contributed by atoms with Crippen molar-refractivity contribution in [3.8, 4) is 12.3 Å². The smallest absolute Gasteiger partial charge is 0.266 e. The third-order valence-corrected chi connectivity index (χ3v) is 5.72. The van der Waals surface area contributed by atoms with Gasteiger partial charge in [0.25, 0.3) is 5.91 Å². The van der Waals surface area contributed by atoms with Crippen molar-refractivity contribution in [3.05, 3.63) is 77.8 Å². The van der Waals surface area contributed by atoms with Crippen LogP contribution in [-0.4, -0.2) is 40.8 Å². The molecule has 3 aromatic rings. The molecule has 0 bridgehead atoms. The molecule has 2 heterocycles. The average molecular weight is 432 g/mol. The Morgan fingerprint density at radius 3 is 2.58 bits per heavy atom. The summed E-state index contributed by atoms with van der Waals surface area (Å²) >= 11 is 1.40. The maximum atomic E-state index is 12.1. The second-order valence-corrected chi connectivity index (χ2v) is 7.65. The molecule has 4 rings (SSSR count). The van der Waals surface area contributed by atoms with E-state index in [0.29, 0.717) is 29.8 Å². The number of terminal acetylenes is 1. The first-order valence-electron chi connectivity index (χ1n) is 9.94. The van der Waals surface area contributed by atoms with Gasteiger partial charge in [0.05, 0.1) is 30.3 Å². The number of hydrogen-bond donors (Lipinski definition) is 0. The van der Waals surface area contributed by atoms with E-state index in [1.165, 1.54) is 22.7 Å². The van der Waals surface area contributed by atoms with Crippen molar-refractivity contribution in [2.45, 2.75) is 13.5 Å². The number of nitrogens with zero attached hydrogens (tertiary/aromatic N) is 3. The van der Waals surface area contributed by atoms with Crippen LogP contribution in [0.15, 0.2) is 82.8 Å². The molecule has 0 radical (unpaired) electrons. The Hall–Kier alpha value is -3.27. The van der Waals surface area contributed by atoms with Gasteiger partial charge < -0.3 is 9.30 Å². The van der Waals surface area contributed by atoms with Crippen LogP contribution < -0.4 is 0 Å². The van der Waals surface area contributed by atoms with Crippen LogP contribution in [0.5, 0.6) is 0 Å². The van der Waals surface area contributed by atoms with E-state index in [9.17, 15) is 4.79 Å². The summed E-state index contributed by atoms with van der Waals surface area (Å²) in [6.45, 7) is 3.52. The number of fused-ring (bicyclic) bond motifs is 1. The fourth-order valence-electron chi connectivity index (χ4n) is 3.05. The molecular weight excluding hydrogens is 406 g/mol. The summed E-state index contributed by atoms with van der Waals surface area (Å²) in [5, 5.41) is 1.95. The number of para-hydroxylation sites is 2. The van der Waals surface area contributed by atoms with Crippen LogP contribution in [0.2, 0.25) is 0 Å². The zero-order valence-corrected chi connectivity index (χ0v) is 18.5. The normalized spacial score (nSPS) is 15.9. The van der Waals surface area contributed by atoms with Crippen molar-refractivity contribution in [1.82, 2.24) is 9.47 Å². The number of carbonyl (C=O) groups excluding carboxylic acids is 1. The van der Waals surface area contributed by atoms with Crippen LogP contribution in [0.3, 0.4) is 0 Å². The Morgan fingerprint density at radius 1 is 1.13 bits per heavy atom. The van der Waals surface area contributed by atoms with E-state index < -0.39 is 0 Å². The van der Waals surface area contributed by atoms with Crippen molar-refractivity contribution in [2.24, 2.45) is 4.99 Å².